The van der Waals surface area contributed by atoms with Crippen LogP contribution in [0.3, 0.4) is 0 Å². The van der Waals surface area contributed by atoms with E-state index in [1.54, 1.807) is 0 Å². The number of hydrogen-bond acceptors (Lipinski definition) is 1. The first-order valence-corrected chi connectivity index (χ1v) is 7.46. The summed E-state index contributed by atoms with van der Waals surface area (Å²) in [5, 5.41) is 0. The number of carbonyl (C=O) groups excluding carboxylic acids is 1. The molecular formula is C18H26O. The van der Waals surface area contributed by atoms with Crippen molar-refractivity contribution < 1.29 is 4.79 Å². The Labute approximate surface area is 118 Å². The molecule has 0 unspecified atom stereocenters. The van der Waals surface area contributed by atoms with E-state index in [0.717, 1.165) is 12.8 Å². The third-order valence-corrected chi connectivity index (χ3v) is 3.86. The molecule has 0 N–H and O–H groups in total. The van der Waals surface area contributed by atoms with E-state index in [2.05, 4.69) is 44.1 Å². The van der Waals surface area contributed by atoms with E-state index in [1.165, 1.54) is 19.3 Å². The van der Waals surface area contributed by atoms with Gasteiger partial charge in [-0.25, -0.2) is 0 Å². The molecule has 19 heavy (non-hydrogen) atoms. The minimum atomic E-state index is -0.0272. The number of hydrogen-bond donors (Lipinski definition) is 0. The van der Waals surface area contributed by atoms with Crippen molar-refractivity contribution in [3.8, 4) is 12.3 Å². The van der Waals surface area contributed by atoms with Crippen LogP contribution in [-0.4, -0.2) is 5.78 Å². The lowest BCUT2D eigenvalue weighted by atomic mass is 9.75. The molecule has 0 heterocycles. The van der Waals surface area contributed by atoms with Crippen LogP contribution in [-0.2, 0) is 4.79 Å². The highest BCUT2D eigenvalue weighted by molar-refractivity contribution is 5.94. The van der Waals surface area contributed by atoms with Gasteiger partial charge in [0.1, 0.15) is 0 Å². The van der Waals surface area contributed by atoms with Crippen LogP contribution in [0.4, 0.5) is 0 Å². The summed E-state index contributed by atoms with van der Waals surface area (Å²) in [7, 11) is 0. The molecule has 1 aliphatic rings. The van der Waals surface area contributed by atoms with Crippen molar-refractivity contribution >= 4 is 5.78 Å². The van der Waals surface area contributed by atoms with Gasteiger partial charge in [0.15, 0.2) is 0 Å². The van der Waals surface area contributed by atoms with Gasteiger partial charge in [0.2, 0.25) is 5.78 Å². The quantitative estimate of drug-likeness (QED) is 0.388. The molecule has 1 rings (SSSR count). The van der Waals surface area contributed by atoms with Crippen LogP contribution in [0.5, 0.6) is 0 Å². The third-order valence-electron chi connectivity index (χ3n) is 3.86. The molecule has 1 heteroatoms. The molecule has 0 amide bonds. The second kappa shape index (κ2) is 8.75. The Hall–Kier alpha value is -1.29. The first-order valence-electron chi connectivity index (χ1n) is 7.46. The minimum Gasteiger partial charge on any atom is -0.285 e. The largest absolute Gasteiger partial charge is 0.285 e. The van der Waals surface area contributed by atoms with Crippen LogP contribution in [0.1, 0.15) is 52.4 Å². The van der Waals surface area contributed by atoms with Crippen LogP contribution in [0.2, 0.25) is 0 Å². The maximum Gasteiger partial charge on any atom is 0.205 e. The van der Waals surface area contributed by atoms with Gasteiger partial charge < -0.3 is 0 Å². The second-order valence-corrected chi connectivity index (χ2v) is 5.87. The van der Waals surface area contributed by atoms with Crippen molar-refractivity contribution in [3.05, 3.63) is 24.3 Å². The van der Waals surface area contributed by atoms with Crippen LogP contribution >= 0.6 is 0 Å². The van der Waals surface area contributed by atoms with Crippen LogP contribution in [0.15, 0.2) is 24.3 Å². The topological polar surface area (TPSA) is 17.1 Å². The van der Waals surface area contributed by atoms with Crippen molar-refractivity contribution in [2.45, 2.75) is 52.4 Å². The van der Waals surface area contributed by atoms with Gasteiger partial charge in [0.25, 0.3) is 0 Å². The molecule has 0 aromatic carbocycles. The summed E-state index contributed by atoms with van der Waals surface area (Å²) in [6.45, 7) is 4.35. The van der Waals surface area contributed by atoms with E-state index in [0.29, 0.717) is 24.2 Å². The average Bonchev–Trinajstić information content (AvgIpc) is 2.39. The third kappa shape index (κ3) is 6.43. The fourth-order valence-corrected chi connectivity index (χ4v) is 2.78. The molecule has 0 radical (unpaired) electrons. The van der Waals surface area contributed by atoms with Crippen molar-refractivity contribution in [3.63, 3.8) is 0 Å². The Morgan fingerprint density at radius 2 is 1.95 bits per heavy atom. The van der Waals surface area contributed by atoms with Crippen molar-refractivity contribution in [1.82, 2.24) is 0 Å². The highest BCUT2D eigenvalue weighted by Crippen LogP contribution is 2.34. The minimum absolute atomic E-state index is 0.0272. The smallest absolute Gasteiger partial charge is 0.205 e. The predicted octanol–water partition coefficient (Wildman–Crippen LogP) is 4.54. The second-order valence-electron chi connectivity index (χ2n) is 5.87. The molecular weight excluding hydrogens is 232 g/mol. The van der Waals surface area contributed by atoms with Gasteiger partial charge in [-0.2, -0.15) is 0 Å². The van der Waals surface area contributed by atoms with Gasteiger partial charge >= 0.3 is 0 Å². The zero-order valence-corrected chi connectivity index (χ0v) is 12.3. The number of terminal acetylenes is 1. The summed E-state index contributed by atoms with van der Waals surface area (Å²) in [6, 6.07) is 0. The van der Waals surface area contributed by atoms with E-state index in [9.17, 15) is 4.79 Å². The molecule has 0 aromatic rings. The van der Waals surface area contributed by atoms with Gasteiger partial charge in [-0.15, -0.1) is 6.42 Å². The van der Waals surface area contributed by atoms with E-state index in [1.807, 2.05) is 0 Å². The number of allylic oxidation sites excluding steroid dienone is 4. The normalized spacial score (nSPS) is 24.1. The maximum absolute atomic E-state index is 11.4. The van der Waals surface area contributed by atoms with Crippen LogP contribution in [0.25, 0.3) is 0 Å². The predicted molar refractivity (Wildman–Crippen MR) is 81.6 cm³/mol. The standard InChI is InChI=1S/C18H26O/c1-4-18(19)14-17-13-9-8-12-16(17)11-7-5-6-10-15(2)3/h1,5-7,10,15-17H,8-9,11-14H2,2-3H3/b7-5+,10-6+/t16-,17+/m1/s1. The Balaban J connectivity index is 2.44. The summed E-state index contributed by atoms with van der Waals surface area (Å²) in [4.78, 5) is 11.4. The molecule has 1 aliphatic carbocycles. The zero-order chi connectivity index (χ0) is 14.1. The SMILES string of the molecule is C#CC(=O)C[C@@H]1CCCC[C@H]1C/C=C/C=C/C(C)C. The van der Waals surface area contributed by atoms with Crippen molar-refractivity contribution in [1.29, 1.82) is 0 Å². The number of carbonyl (C=O) groups is 1. The Bertz CT molecular complexity index is 368. The monoisotopic (exact) mass is 258 g/mol. The summed E-state index contributed by atoms with van der Waals surface area (Å²) < 4.78 is 0. The molecule has 1 saturated carbocycles. The summed E-state index contributed by atoms with van der Waals surface area (Å²) in [5.74, 6) is 3.95. The number of rotatable bonds is 6. The van der Waals surface area contributed by atoms with Crippen LogP contribution < -0.4 is 0 Å². The lowest BCUT2D eigenvalue weighted by Crippen LogP contribution is -2.21. The molecule has 0 aliphatic heterocycles. The summed E-state index contributed by atoms with van der Waals surface area (Å²) in [6.07, 6.45) is 20.5. The lowest BCUT2D eigenvalue weighted by molar-refractivity contribution is -0.115. The molecule has 104 valence electrons. The fourth-order valence-electron chi connectivity index (χ4n) is 2.78. The fraction of sp³-hybridized carbons (Fsp3) is 0.611. The molecule has 1 nitrogen and oxygen atoms in total. The molecule has 0 saturated heterocycles. The Kier molecular flexibility index (Phi) is 7.26. The van der Waals surface area contributed by atoms with E-state index < -0.39 is 0 Å². The Morgan fingerprint density at radius 3 is 2.58 bits per heavy atom. The highest BCUT2D eigenvalue weighted by atomic mass is 16.1. The van der Waals surface area contributed by atoms with E-state index in [4.69, 9.17) is 6.42 Å². The van der Waals surface area contributed by atoms with Crippen molar-refractivity contribution in [2.24, 2.45) is 17.8 Å². The lowest BCUT2D eigenvalue weighted by Gasteiger charge is -2.30. The zero-order valence-electron chi connectivity index (χ0n) is 12.3. The maximum atomic E-state index is 11.4. The molecule has 0 spiro atoms. The average molecular weight is 258 g/mol. The molecule has 0 bridgehead atoms. The first kappa shape index (κ1) is 15.8. The number of ketones is 1. The van der Waals surface area contributed by atoms with Gasteiger partial charge in [-0.05, 0) is 42.9 Å². The van der Waals surface area contributed by atoms with Gasteiger partial charge in [-0.3, -0.25) is 4.79 Å². The summed E-state index contributed by atoms with van der Waals surface area (Å²) >= 11 is 0. The van der Waals surface area contributed by atoms with Crippen LogP contribution in [0, 0.1) is 30.1 Å². The molecule has 1 fully saturated rings. The Morgan fingerprint density at radius 1 is 1.26 bits per heavy atom. The van der Waals surface area contributed by atoms with Crippen molar-refractivity contribution in [2.75, 3.05) is 0 Å². The first-order chi connectivity index (χ1) is 9.13. The highest BCUT2D eigenvalue weighted by Gasteiger charge is 2.25. The van der Waals surface area contributed by atoms with Gasteiger partial charge in [0, 0.05) is 6.42 Å². The molecule has 0 aromatic heterocycles. The van der Waals surface area contributed by atoms with Gasteiger partial charge in [-0.1, -0.05) is 51.0 Å². The van der Waals surface area contributed by atoms with E-state index in [-0.39, 0.29) is 5.78 Å². The van der Waals surface area contributed by atoms with E-state index >= 15 is 0 Å². The number of Topliss-reactive ketones (excluding diaryl/α,β-unsaturated/α-hetero) is 1. The summed E-state index contributed by atoms with van der Waals surface area (Å²) in [5.41, 5.74) is 0. The van der Waals surface area contributed by atoms with Gasteiger partial charge in [0.05, 0.1) is 0 Å². The molecule has 2 atom stereocenters.